The molecule has 0 fully saturated rings. The summed E-state index contributed by atoms with van der Waals surface area (Å²) < 4.78 is 5.51. The number of hydrogen-bond donors (Lipinski definition) is 3. The molecule has 0 aliphatic heterocycles. The molecule has 7 nitrogen and oxygen atoms in total. The van der Waals surface area contributed by atoms with Crippen LogP contribution in [0.4, 0.5) is 4.79 Å². The molecule has 0 saturated heterocycles. The second kappa shape index (κ2) is 9.85. The molecule has 0 spiro atoms. The highest BCUT2D eigenvalue weighted by Crippen LogP contribution is 2.44. The van der Waals surface area contributed by atoms with Crippen LogP contribution in [0.25, 0.3) is 11.1 Å². The summed E-state index contributed by atoms with van der Waals surface area (Å²) in [6.45, 7) is 5.60. The van der Waals surface area contributed by atoms with Crippen LogP contribution in [0, 0.1) is 11.3 Å². The van der Waals surface area contributed by atoms with Crippen LogP contribution in [0.1, 0.15) is 44.2 Å². The number of carbonyl (C=O) groups excluding carboxylic acids is 2. The predicted molar refractivity (Wildman–Crippen MR) is 121 cm³/mol. The third-order valence-corrected chi connectivity index (χ3v) is 5.92. The van der Waals surface area contributed by atoms with Gasteiger partial charge in [0.2, 0.25) is 5.91 Å². The number of amides is 2. The molecule has 0 saturated carbocycles. The molecule has 170 valence electrons. The molecule has 1 aliphatic carbocycles. The van der Waals surface area contributed by atoms with Crippen molar-refractivity contribution in [2.75, 3.05) is 19.7 Å². The van der Waals surface area contributed by atoms with E-state index >= 15 is 0 Å². The lowest BCUT2D eigenvalue weighted by Gasteiger charge is -2.24. The number of benzene rings is 2. The predicted octanol–water partition coefficient (Wildman–Crippen LogP) is 3.78. The van der Waals surface area contributed by atoms with Gasteiger partial charge in [0.05, 0.1) is 11.3 Å². The van der Waals surface area contributed by atoms with Crippen molar-refractivity contribution in [3.63, 3.8) is 0 Å². The van der Waals surface area contributed by atoms with E-state index in [4.69, 9.17) is 9.84 Å². The zero-order chi connectivity index (χ0) is 23.3. The number of alkyl carbamates (subject to hydrolysis) is 1. The zero-order valence-electron chi connectivity index (χ0n) is 18.7. The first-order chi connectivity index (χ1) is 15.2. The maximum absolute atomic E-state index is 12.4. The normalized spacial score (nSPS) is 13.6. The Bertz CT molecular complexity index is 956. The number of aliphatic carboxylic acids is 1. The minimum absolute atomic E-state index is 0.0271. The van der Waals surface area contributed by atoms with Crippen molar-refractivity contribution in [3.05, 3.63) is 59.7 Å². The maximum atomic E-state index is 12.4. The number of hydrogen-bond acceptors (Lipinski definition) is 4. The minimum atomic E-state index is -0.893. The quantitative estimate of drug-likeness (QED) is 0.553. The molecule has 1 aliphatic rings. The summed E-state index contributed by atoms with van der Waals surface area (Å²) in [5.74, 6) is -1.71. The van der Waals surface area contributed by atoms with Gasteiger partial charge in [-0.1, -0.05) is 55.5 Å². The van der Waals surface area contributed by atoms with Crippen LogP contribution in [-0.4, -0.2) is 42.8 Å². The van der Waals surface area contributed by atoms with E-state index in [1.54, 1.807) is 20.8 Å². The molecule has 0 heterocycles. The largest absolute Gasteiger partial charge is 0.481 e. The van der Waals surface area contributed by atoms with Crippen LogP contribution >= 0.6 is 0 Å². The van der Waals surface area contributed by atoms with Crippen LogP contribution in [-0.2, 0) is 14.3 Å². The smallest absolute Gasteiger partial charge is 0.407 e. The van der Waals surface area contributed by atoms with Gasteiger partial charge in [0.15, 0.2) is 0 Å². The molecular weight excluding hydrogens is 408 g/mol. The van der Waals surface area contributed by atoms with Gasteiger partial charge in [0.1, 0.15) is 6.61 Å². The van der Waals surface area contributed by atoms with Crippen LogP contribution in [0.2, 0.25) is 0 Å². The first-order valence-corrected chi connectivity index (χ1v) is 10.8. The van der Waals surface area contributed by atoms with Crippen molar-refractivity contribution in [2.24, 2.45) is 11.3 Å². The lowest BCUT2D eigenvalue weighted by Crippen LogP contribution is -2.45. The number of carboxylic acid groups (broad SMARTS) is 1. The van der Waals surface area contributed by atoms with Gasteiger partial charge < -0.3 is 20.5 Å². The molecule has 1 atom stereocenters. The van der Waals surface area contributed by atoms with Crippen molar-refractivity contribution < 1.29 is 24.2 Å². The Morgan fingerprint density at radius 2 is 1.56 bits per heavy atom. The van der Waals surface area contributed by atoms with E-state index in [0.29, 0.717) is 6.42 Å². The van der Waals surface area contributed by atoms with Gasteiger partial charge in [0.25, 0.3) is 0 Å². The van der Waals surface area contributed by atoms with E-state index < -0.39 is 23.4 Å². The molecule has 1 unspecified atom stereocenters. The molecule has 2 aromatic rings. The third kappa shape index (κ3) is 5.28. The first-order valence-electron chi connectivity index (χ1n) is 10.8. The van der Waals surface area contributed by atoms with E-state index in [1.807, 2.05) is 24.3 Å². The lowest BCUT2D eigenvalue weighted by molar-refractivity contribution is -0.141. The summed E-state index contributed by atoms with van der Waals surface area (Å²) in [6.07, 6.45) is -0.232. The SMILES string of the molecule is CC(CCNC(=O)C(C)(C)CNC(=O)OCC1c2ccccc2-c2ccccc21)C(=O)O. The number of fused-ring (bicyclic) bond motifs is 3. The fourth-order valence-corrected chi connectivity index (χ4v) is 3.79. The topological polar surface area (TPSA) is 105 Å². The summed E-state index contributed by atoms with van der Waals surface area (Å²) in [4.78, 5) is 35.6. The van der Waals surface area contributed by atoms with Gasteiger partial charge in [-0.2, -0.15) is 0 Å². The monoisotopic (exact) mass is 438 g/mol. The number of carbonyl (C=O) groups is 3. The summed E-state index contributed by atoms with van der Waals surface area (Å²) in [5, 5.41) is 14.3. The Morgan fingerprint density at radius 1 is 1.00 bits per heavy atom. The van der Waals surface area contributed by atoms with Gasteiger partial charge in [0, 0.05) is 19.0 Å². The first kappa shape index (κ1) is 23.3. The molecule has 0 aromatic heterocycles. The molecular formula is C25H30N2O5. The van der Waals surface area contributed by atoms with E-state index in [2.05, 4.69) is 34.9 Å². The van der Waals surface area contributed by atoms with Crippen molar-refractivity contribution in [3.8, 4) is 11.1 Å². The van der Waals surface area contributed by atoms with E-state index in [-0.39, 0.29) is 31.5 Å². The van der Waals surface area contributed by atoms with E-state index in [9.17, 15) is 14.4 Å². The average Bonchev–Trinajstić information content (AvgIpc) is 3.10. The summed E-state index contributed by atoms with van der Waals surface area (Å²) in [6, 6.07) is 16.2. The standard InChI is InChI=1S/C25H30N2O5/c1-16(22(28)29)12-13-26-23(30)25(2,3)15-27-24(31)32-14-21-19-10-6-4-8-17(19)18-9-5-7-11-20(18)21/h4-11,16,21H,12-15H2,1-3H3,(H,26,30)(H,27,31)(H,28,29). The number of ether oxygens (including phenoxy) is 1. The number of carboxylic acids is 1. The fraction of sp³-hybridized carbons (Fsp3) is 0.400. The van der Waals surface area contributed by atoms with Crippen molar-refractivity contribution in [2.45, 2.75) is 33.1 Å². The van der Waals surface area contributed by atoms with Crippen LogP contribution < -0.4 is 10.6 Å². The molecule has 2 amide bonds. The number of nitrogens with one attached hydrogen (secondary N) is 2. The van der Waals surface area contributed by atoms with Crippen LogP contribution in [0.15, 0.2) is 48.5 Å². The van der Waals surface area contributed by atoms with Gasteiger partial charge >= 0.3 is 12.1 Å². The van der Waals surface area contributed by atoms with Gasteiger partial charge in [-0.05, 0) is 42.5 Å². The Balaban J connectivity index is 1.50. The molecule has 3 rings (SSSR count). The highest BCUT2D eigenvalue weighted by molar-refractivity contribution is 5.83. The zero-order valence-corrected chi connectivity index (χ0v) is 18.7. The van der Waals surface area contributed by atoms with Crippen LogP contribution in [0.5, 0.6) is 0 Å². The Labute approximate surface area is 188 Å². The molecule has 2 aromatic carbocycles. The Hall–Kier alpha value is -3.35. The number of rotatable bonds is 9. The van der Waals surface area contributed by atoms with Crippen LogP contribution in [0.3, 0.4) is 0 Å². The summed E-state index contributed by atoms with van der Waals surface area (Å²) in [5.41, 5.74) is 3.73. The average molecular weight is 439 g/mol. The molecule has 7 heteroatoms. The molecule has 3 N–H and O–H groups in total. The fourth-order valence-electron chi connectivity index (χ4n) is 3.79. The molecule has 0 bridgehead atoms. The second-order valence-electron chi connectivity index (χ2n) is 8.85. The van der Waals surface area contributed by atoms with Gasteiger partial charge in [-0.3, -0.25) is 9.59 Å². The summed E-state index contributed by atoms with van der Waals surface area (Å²) >= 11 is 0. The Kier molecular flexibility index (Phi) is 7.18. The van der Waals surface area contributed by atoms with Crippen molar-refractivity contribution in [1.82, 2.24) is 10.6 Å². The van der Waals surface area contributed by atoms with Gasteiger partial charge in [-0.15, -0.1) is 0 Å². The van der Waals surface area contributed by atoms with E-state index in [1.165, 1.54) is 0 Å². The third-order valence-electron chi connectivity index (χ3n) is 5.92. The molecule has 0 radical (unpaired) electrons. The summed E-state index contributed by atoms with van der Waals surface area (Å²) in [7, 11) is 0. The highest BCUT2D eigenvalue weighted by Gasteiger charge is 2.31. The minimum Gasteiger partial charge on any atom is -0.481 e. The highest BCUT2D eigenvalue weighted by atomic mass is 16.5. The Morgan fingerprint density at radius 3 is 2.12 bits per heavy atom. The van der Waals surface area contributed by atoms with Crippen molar-refractivity contribution >= 4 is 18.0 Å². The second-order valence-corrected chi connectivity index (χ2v) is 8.85. The van der Waals surface area contributed by atoms with Gasteiger partial charge in [-0.25, -0.2) is 4.79 Å². The lowest BCUT2D eigenvalue weighted by atomic mass is 9.92. The maximum Gasteiger partial charge on any atom is 0.407 e. The molecule has 32 heavy (non-hydrogen) atoms. The van der Waals surface area contributed by atoms with Crippen molar-refractivity contribution in [1.29, 1.82) is 0 Å². The van der Waals surface area contributed by atoms with E-state index in [0.717, 1.165) is 22.3 Å².